The highest BCUT2D eigenvalue weighted by atomic mass is 16.2. The fourth-order valence-electron chi connectivity index (χ4n) is 2.91. The third-order valence-corrected chi connectivity index (χ3v) is 4.26. The average molecular weight is 244 g/mol. The van der Waals surface area contributed by atoms with E-state index < -0.39 is 0 Å². The smallest absolute Gasteiger partial charge is 0.230 e. The van der Waals surface area contributed by atoms with E-state index in [0.717, 1.165) is 18.5 Å². The number of nitrogens with zero attached hydrogens (tertiary/aromatic N) is 1. The first kappa shape index (κ1) is 11.7. The van der Waals surface area contributed by atoms with Gasteiger partial charge in [-0.25, -0.2) is 0 Å². The Kier molecular flexibility index (Phi) is 2.49. The number of benzene rings is 1. The predicted molar refractivity (Wildman–Crippen MR) is 72.4 cm³/mol. The molecule has 1 aromatic carbocycles. The minimum atomic E-state index is 0.0608. The molecule has 1 aliphatic heterocycles. The summed E-state index contributed by atoms with van der Waals surface area (Å²) in [4.78, 5) is 14.5. The molecule has 1 aromatic rings. The first-order valence-corrected chi connectivity index (χ1v) is 6.64. The fraction of sp³-hybridized carbons (Fsp3) is 0.533. The van der Waals surface area contributed by atoms with Crippen molar-refractivity contribution in [2.75, 3.05) is 11.4 Å². The fourth-order valence-corrected chi connectivity index (χ4v) is 2.91. The Hall–Kier alpha value is -1.35. The van der Waals surface area contributed by atoms with Crippen LogP contribution in [0.3, 0.4) is 0 Å². The lowest BCUT2D eigenvalue weighted by Crippen LogP contribution is -2.47. The number of fused-ring (bicyclic) bond motifs is 1. The zero-order valence-electron chi connectivity index (χ0n) is 11.0. The Labute approximate surface area is 108 Å². The second-order valence-corrected chi connectivity index (χ2v) is 6.29. The summed E-state index contributed by atoms with van der Waals surface area (Å²) in [6.07, 6.45) is 1.87. The molecule has 1 aliphatic carbocycles. The summed E-state index contributed by atoms with van der Waals surface area (Å²) >= 11 is 0. The number of hydrogen-bond donors (Lipinski definition) is 1. The lowest BCUT2D eigenvalue weighted by molar-refractivity contribution is -0.120. The summed E-state index contributed by atoms with van der Waals surface area (Å²) in [7, 11) is 0. The van der Waals surface area contributed by atoms with Crippen LogP contribution in [-0.4, -0.2) is 18.5 Å². The zero-order chi connectivity index (χ0) is 12.9. The SMILES string of the molecule is CC1(C)CC1C(=O)N1CC(N)Cc2ccccc21. The molecule has 1 saturated carbocycles. The van der Waals surface area contributed by atoms with Crippen LogP contribution in [0.5, 0.6) is 0 Å². The standard InChI is InChI=1S/C15H20N2O/c1-15(2)8-12(15)14(18)17-9-11(16)7-10-5-3-4-6-13(10)17/h3-6,11-12H,7-9,16H2,1-2H3. The monoisotopic (exact) mass is 244 g/mol. The Balaban J connectivity index is 1.91. The first-order chi connectivity index (χ1) is 8.49. The molecule has 2 unspecified atom stereocenters. The molecule has 3 nitrogen and oxygen atoms in total. The summed E-state index contributed by atoms with van der Waals surface area (Å²) in [6, 6.07) is 8.18. The minimum Gasteiger partial charge on any atom is -0.326 e. The maximum Gasteiger partial charge on any atom is 0.230 e. The van der Waals surface area contributed by atoms with Crippen LogP contribution >= 0.6 is 0 Å². The summed E-state index contributed by atoms with van der Waals surface area (Å²) in [5.41, 5.74) is 8.51. The van der Waals surface area contributed by atoms with Gasteiger partial charge in [-0.15, -0.1) is 0 Å². The van der Waals surface area contributed by atoms with E-state index in [9.17, 15) is 4.79 Å². The normalized spacial score (nSPS) is 28.7. The van der Waals surface area contributed by atoms with Crippen molar-refractivity contribution in [3.63, 3.8) is 0 Å². The third-order valence-electron chi connectivity index (χ3n) is 4.26. The molecule has 3 rings (SSSR count). The van der Waals surface area contributed by atoms with Crippen molar-refractivity contribution in [3.8, 4) is 0 Å². The van der Waals surface area contributed by atoms with Gasteiger partial charge in [-0.2, -0.15) is 0 Å². The van der Waals surface area contributed by atoms with Crippen LogP contribution in [0.25, 0.3) is 0 Å². The van der Waals surface area contributed by atoms with E-state index >= 15 is 0 Å². The molecule has 96 valence electrons. The second-order valence-electron chi connectivity index (χ2n) is 6.29. The van der Waals surface area contributed by atoms with Gasteiger partial charge in [-0.3, -0.25) is 4.79 Å². The molecule has 2 aliphatic rings. The van der Waals surface area contributed by atoms with E-state index in [1.165, 1.54) is 5.56 Å². The highest BCUT2D eigenvalue weighted by molar-refractivity contribution is 5.98. The molecular formula is C15H20N2O. The minimum absolute atomic E-state index is 0.0608. The van der Waals surface area contributed by atoms with Crippen LogP contribution in [0.4, 0.5) is 5.69 Å². The largest absolute Gasteiger partial charge is 0.326 e. The van der Waals surface area contributed by atoms with Crippen LogP contribution in [0.2, 0.25) is 0 Å². The molecule has 1 heterocycles. The Morgan fingerprint density at radius 1 is 1.39 bits per heavy atom. The highest BCUT2D eigenvalue weighted by Gasteiger charge is 2.52. The van der Waals surface area contributed by atoms with Gasteiger partial charge in [0.25, 0.3) is 0 Å². The van der Waals surface area contributed by atoms with Gasteiger partial charge < -0.3 is 10.6 Å². The summed E-state index contributed by atoms with van der Waals surface area (Å²) in [5, 5.41) is 0. The van der Waals surface area contributed by atoms with Gasteiger partial charge in [0.1, 0.15) is 0 Å². The lowest BCUT2D eigenvalue weighted by atomic mass is 9.97. The van der Waals surface area contributed by atoms with Crippen molar-refractivity contribution in [2.24, 2.45) is 17.1 Å². The number of rotatable bonds is 1. The maximum atomic E-state index is 12.6. The number of hydrogen-bond acceptors (Lipinski definition) is 2. The van der Waals surface area contributed by atoms with Crippen molar-refractivity contribution in [3.05, 3.63) is 29.8 Å². The number of para-hydroxylation sites is 1. The van der Waals surface area contributed by atoms with Gasteiger partial charge >= 0.3 is 0 Å². The van der Waals surface area contributed by atoms with Crippen molar-refractivity contribution in [2.45, 2.75) is 32.7 Å². The molecule has 0 bridgehead atoms. The van der Waals surface area contributed by atoms with E-state index in [-0.39, 0.29) is 23.3 Å². The molecule has 18 heavy (non-hydrogen) atoms. The number of anilines is 1. The second kappa shape index (κ2) is 3.82. The van der Waals surface area contributed by atoms with Crippen LogP contribution in [0, 0.1) is 11.3 Å². The van der Waals surface area contributed by atoms with Gasteiger partial charge in [0.05, 0.1) is 0 Å². The van der Waals surface area contributed by atoms with Gasteiger partial charge in [-0.1, -0.05) is 32.0 Å². The average Bonchev–Trinajstić information content (AvgIpc) is 2.96. The highest BCUT2D eigenvalue weighted by Crippen LogP contribution is 2.53. The van der Waals surface area contributed by atoms with Crippen LogP contribution in [0.15, 0.2) is 24.3 Å². The molecule has 1 amide bonds. The third kappa shape index (κ3) is 1.83. The summed E-state index contributed by atoms with van der Waals surface area (Å²) in [5.74, 6) is 0.429. The Morgan fingerprint density at radius 3 is 2.72 bits per heavy atom. The van der Waals surface area contributed by atoms with Crippen molar-refractivity contribution < 1.29 is 4.79 Å². The topological polar surface area (TPSA) is 46.3 Å². The predicted octanol–water partition coefficient (Wildman–Crippen LogP) is 1.95. The quantitative estimate of drug-likeness (QED) is 0.820. The Bertz CT molecular complexity index is 495. The van der Waals surface area contributed by atoms with Gasteiger partial charge in [0.2, 0.25) is 5.91 Å². The van der Waals surface area contributed by atoms with E-state index in [2.05, 4.69) is 19.9 Å². The van der Waals surface area contributed by atoms with Gasteiger partial charge in [0.15, 0.2) is 0 Å². The molecule has 0 saturated heterocycles. The van der Waals surface area contributed by atoms with E-state index in [1.807, 2.05) is 23.1 Å². The number of nitrogens with two attached hydrogens (primary N) is 1. The van der Waals surface area contributed by atoms with Gasteiger partial charge in [0, 0.05) is 24.2 Å². The molecule has 0 aromatic heterocycles. The molecule has 1 fully saturated rings. The molecule has 2 N–H and O–H groups in total. The first-order valence-electron chi connectivity index (χ1n) is 6.64. The molecular weight excluding hydrogens is 224 g/mol. The van der Waals surface area contributed by atoms with E-state index in [4.69, 9.17) is 5.73 Å². The van der Waals surface area contributed by atoms with E-state index in [0.29, 0.717) is 6.54 Å². The Morgan fingerprint density at radius 2 is 2.06 bits per heavy atom. The summed E-state index contributed by atoms with van der Waals surface area (Å²) < 4.78 is 0. The van der Waals surface area contributed by atoms with Crippen molar-refractivity contribution in [1.29, 1.82) is 0 Å². The van der Waals surface area contributed by atoms with Crippen LogP contribution in [0.1, 0.15) is 25.8 Å². The maximum absolute atomic E-state index is 12.6. The molecule has 2 atom stereocenters. The molecule has 3 heteroatoms. The number of carbonyl (C=O) groups excluding carboxylic acids is 1. The molecule has 0 radical (unpaired) electrons. The number of amides is 1. The van der Waals surface area contributed by atoms with Crippen LogP contribution in [-0.2, 0) is 11.2 Å². The lowest BCUT2D eigenvalue weighted by Gasteiger charge is -2.33. The van der Waals surface area contributed by atoms with Crippen molar-refractivity contribution >= 4 is 11.6 Å². The van der Waals surface area contributed by atoms with E-state index in [1.54, 1.807) is 0 Å². The van der Waals surface area contributed by atoms with Gasteiger partial charge in [-0.05, 0) is 29.9 Å². The number of carbonyl (C=O) groups is 1. The van der Waals surface area contributed by atoms with Crippen LogP contribution < -0.4 is 10.6 Å². The zero-order valence-corrected chi connectivity index (χ0v) is 11.0. The van der Waals surface area contributed by atoms with Crippen molar-refractivity contribution in [1.82, 2.24) is 0 Å². The summed E-state index contributed by atoms with van der Waals surface area (Å²) in [6.45, 7) is 4.97. The molecule has 0 spiro atoms.